The molecule has 1 aromatic heterocycles. The highest BCUT2D eigenvalue weighted by Crippen LogP contribution is 2.22. The maximum Gasteiger partial charge on any atom is 0.488 e. The molecule has 2 fully saturated rings. The Morgan fingerprint density at radius 2 is 1.16 bits per heavy atom. The number of benzene rings is 3. The fraction of sp³-hybridized carbons (Fsp3) is 0.396. The molecule has 0 bridgehead atoms. The van der Waals surface area contributed by atoms with Crippen LogP contribution in [0.3, 0.4) is 0 Å². The Bertz CT molecular complexity index is 3020. The quantitative estimate of drug-likeness (QED) is 0.0656. The smallest absolute Gasteiger partial charge is 0.481 e. The lowest BCUT2D eigenvalue weighted by molar-refractivity contribution is -0.148. The first-order chi connectivity index (χ1) is 36.0. The second kappa shape index (κ2) is 25.7. The summed E-state index contributed by atoms with van der Waals surface area (Å²) >= 11 is 0. The number of nitrogens with zero attached hydrogens (tertiary/aromatic N) is 7. The zero-order valence-electron chi connectivity index (χ0n) is 40.6. The van der Waals surface area contributed by atoms with Crippen molar-refractivity contribution in [3.63, 3.8) is 0 Å². The second-order valence-electron chi connectivity index (χ2n) is 17.7. The molecule has 6 amide bonds. The minimum absolute atomic E-state index is 0.0911. The van der Waals surface area contributed by atoms with Gasteiger partial charge in [0.25, 0.3) is 11.5 Å². The zero-order chi connectivity index (χ0) is 55.3. The van der Waals surface area contributed by atoms with Crippen LogP contribution >= 0.6 is 0 Å². The van der Waals surface area contributed by atoms with Crippen LogP contribution in [0.25, 0.3) is 10.8 Å². The zero-order valence-corrected chi connectivity index (χ0v) is 41.4. The van der Waals surface area contributed by atoms with Crippen LogP contribution in [0.15, 0.2) is 71.5 Å². The highest BCUT2D eigenvalue weighted by molar-refractivity contribution is 7.81. The van der Waals surface area contributed by atoms with Gasteiger partial charge in [-0.3, -0.25) is 52.8 Å². The molecule has 0 spiro atoms. The van der Waals surface area contributed by atoms with Gasteiger partial charge in [0.2, 0.25) is 29.5 Å². The van der Waals surface area contributed by atoms with Gasteiger partial charge in [-0.05, 0) is 41.5 Å². The van der Waals surface area contributed by atoms with E-state index >= 15 is 4.39 Å². The number of carboxylic acid groups (broad SMARTS) is 3. The van der Waals surface area contributed by atoms with E-state index in [4.69, 9.17) is 0 Å². The number of amides is 6. The van der Waals surface area contributed by atoms with Crippen molar-refractivity contribution in [2.45, 2.75) is 38.1 Å². The van der Waals surface area contributed by atoms with Crippen LogP contribution in [0, 0.1) is 5.82 Å². The lowest BCUT2D eigenvalue weighted by atomic mass is 10.0. The average Bonchev–Trinajstić information content (AvgIpc) is 3.35. The third-order valence-corrected chi connectivity index (χ3v) is 12.8. The Morgan fingerprint density at radius 1 is 0.645 bits per heavy atom. The first-order valence-corrected chi connectivity index (χ1v) is 24.9. The predicted molar refractivity (Wildman–Crippen MR) is 260 cm³/mol. The number of hydrogen-bond donors (Lipinski definition) is 5. The van der Waals surface area contributed by atoms with Gasteiger partial charge in [0.05, 0.1) is 23.2 Å². The molecule has 28 heteroatoms. The van der Waals surface area contributed by atoms with Gasteiger partial charge in [0.1, 0.15) is 36.9 Å². The van der Waals surface area contributed by atoms with Gasteiger partial charge in [-0.2, -0.15) is 13.5 Å². The number of carboxylic acids is 3. The molecule has 2 aliphatic rings. The van der Waals surface area contributed by atoms with Crippen LogP contribution in [-0.2, 0) is 61.7 Å². The minimum Gasteiger partial charge on any atom is -0.481 e. The second-order valence-corrected chi connectivity index (χ2v) is 18.7. The number of H-pyrrole nitrogens is 1. The molecule has 0 radical (unpaired) electrons. The average molecular weight is 1080 g/mol. The Balaban J connectivity index is 1.20. The maximum atomic E-state index is 15.3. The van der Waals surface area contributed by atoms with Crippen LogP contribution in [0.1, 0.15) is 46.4 Å². The van der Waals surface area contributed by atoms with Crippen molar-refractivity contribution < 1.29 is 79.3 Å². The van der Waals surface area contributed by atoms with Gasteiger partial charge in [0, 0.05) is 96.8 Å². The number of piperazine rings is 1. The molecule has 406 valence electrons. The van der Waals surface area contributed by atoms with Crippen molar-refractivity contribution >= 4 is 74.6 Å². The van der Waals surface area contributed by atoms with E-state index in [0.717, 1.165) is 32.9 Å². The number of hydrogen-bond acceptors (Lipinski definition) is 15. The van der Waals surface area contributed by atoms with Crippen molar-refractivity contribution in [1.82, 2.24) is 44.9 Å². The SMILES string of the molecule is O=C(O)CC(=O)N1CCN(CC(=O)N[C@@H](Cc2cccc(OS(=O)(=O)F)c2)C(=O)N2CCN(C(=O)c3cc(Cc4n[nH]c(=O)c5ccccc45)ccc3F)CC2)CCN(C(=O)CC(=O)O)CCN(C(=O)CC(=O)O)CC1. The Morgan fingerprint density at radius 3 is 1.70 bits per heavy atom. The number of nitrogens with one attached hydrogen (secondary N) is 2. The van der Waals surface area contributed by atoms with E-state index in [9.17, 15) is 75.6 Å². The number of aromatic nitrogens is 2. The van der Waals surface area contributed by atoms with Crippen molar-refractivity contribution in [2.75, 3.05) is 85.1 Å². The molecule has 4 aromatic rings. The van der Waals surface area contributed by atoms with Gasteiger partial charge in [0.15, 0.2) is 0 Å². The molecular weight excluding hydrogens is 1030 g/mol. The number of carbonyl (C=O) groups excluding carboxylic acids is 6. The van der Waals surface area contributed by atoms with Gasteiger partial charge in [-0.15, -0.1) is 0 Å². The van der Waals surface area contributed by atoms with Crippen LogP contribution < -0.4 is 15.1 Å². The summed E-state index contributed by atoms with van der Waals surface area (Å²) in [5, 5.41) is 38.3. The van der Waals surface area contributed by atoms with Crippen LogP contribution in [0.4, 0.5) is 8.28 Å². The summed E-state index contributed by atoms with van der Waals surface area (Å²) in [4.78, 5) is 136. The topological polar surface area (TPSA) is 335 Å². The Labute approximate surface area is 432 Å². The third-order valence-electron chi connectivity index (χ3n) is 12.4. The Kier molecular flexibility index (Phi) is 19.2. The number of aromatic amines is 1. The third kappa shape index (κ3) is 16.3. The molecule has 0 saturated carbocycles. The standard InChI is InChI=1S/C48H53F2N9O16S/c49-36-9-8-31(24-37-33-6-1-2-7-34(33)46(70)53-52-37)23-35(36)47(71)58-18-20-59(21-19-58)48(72)38(25-30-4-3-5-32(22-30)75-76(50,73)74)51-39(60)29-54-10-12-55(40(61)26-43(64)65)14-16-57(42(63)28-45(68)69)17-15-56(13-11-54)41(62)27-44(66)67/h1-9,22-23,38H,10-21,24-29H2,(H,51,60)(H,53,70)(H,64,65)(H,66,67)(H,68,69)/t38-/m0/s1. The van der Waals surface area contributed by atoms with Crippen molar-refractivity contribution in [2.24, 2.45) is 0 Å². The molecule has 3 heterocycles. The number of aliphatic carboxylic acids is 3. The molecule has 76 heavy (non-hydrogen) atoms. The summed E-state index contributed by atoms with van der Waals surface area (Å²) in [6, 6.07) is 14.3. The molecule has 0 unspecified atom stereocenters. The molecule has 1 atom stereocenters. The van der Waals surface area contributed by atoms with E-state index in [0.29, 0.717) is 22.0 Å². The van der Waals surface area contributed by atoms with Gasteiger partial charge in [-0.1, -0.05) is 40.3 Å². The van der Waals surface area contributed by atoms with Crippen LogP contribution in [-0.4, -0.2) is 208 Å². The van der Waals surface area contributed by atoms with Crippen LogP contribution in [0.5, 0.6) is 5.75 Å². The lowest BCUT2D eigenvalue weighted by Crippen LogP contribution is -2.57. The molecule has 2 aliphatic heterocycles. The van der Waals surface area contributed by atoms with E-state index in [-0.39, 0.29) is 103 Å². The summed E-state index contributed by atoms with van der Waals surface area (Å²) in [6.45, 7) is -3.12. The minimum atomic E-state index is -5.48. The number of fused-ring (bicyclic) bond motifs is 1. The fourth-order valence-electron chi connectivity index (χ4n) is 8.67. The summed E-state index contributed by atoms with van der Waals surface area (Å²) in [5.74, 6) is -10.5. The van der Waals surface area contributed by atoms with Crippen LogP contribution in [0.2, 0.25) is 0 Å². The largest absolute Gasteiger partial charge is 0.488 e. The first kappa shape index (κ1) is 56.9. The Hall–Kier alpha value is -8.40. The number of rotatable bonds is 17. The molecular formula is C48H53F2N9O16S. The molecule has 5 N–H and O–H groups in total. The first-order valence-electron chi connectivity index (χ1n) is 23.6. The van der Waals surface area contributed by atoms with E-state index in [1.807, 2.05) is 0 Å². The lowest BCUT2D eigenvalue weighted by Gasteiger charge is -2.37. The highest BCUT2D eigenvalue weighted by Gasteiger charge is 2.33. The molecule has 6 rings (SSSR count). The van der Waals surface area contributed by atoms with Crippen molar-refractivity contribution in [3.05, 3.63) is 105 Å². The van der Waals surface area contributed by atoms with Gasteiger partial charge >= 0.3 is 28.4 Å². The molecule has 25 nitrogen and oxygen atoms in total. The van der Waals surface area contributed by atoms with E-state index in [1.54, 1.807) is 24.3 Å². The molecule has 0 aliphatic carbocycles. The maximum absolute atomic E-state index is 15.3. The van der Waals surface area contributed by atoms with E-state index < -0.39 is 113 Å². The number of halogens is 2. The summed E-state index contributed by atoms with van der Waals surface area (Å²) in [6.07, 6.45) is -3.08. The molecule has 3 aromatic carbocycles. The van der Waals surface area contributed by atoms with Crippen molar-refractivity contribution in [3.8, 4) is 5.75 Å². The summed E-state index contributed by atoms with van der Waals surface area (Å²) in [7, 11) is -5.48. The van der Waals surface area contributed by atoms with Crippen molar-refractivity contribution in [1.29, 1.82) is 0 Å². The van der Waals surface area contributed by atoms with E-state index in [1.165, 1.54) is 39.0 Å². The summed E-state index contributed by atoms with van der Waals surface area (Å²) < 4.78 is 55.9. The monoisotopic (exact) mass is 1080 g/mol. The molecule has 2 saturated heterocycles. The predicted octanol–water partition coefficient (Wildman–Crippen LogP) is -0.516. The number of carbonyl (C=O) groups is 9. The van der Waals surface area contributed by atoms with Gasteiger partial charge in [-0.25, -0.2) is 9.49 Å². The highest BCUT2D eigenvalue weighted by atomic mass is 32.3. The van der Waals surface area contributed by atoms with E-state index in [2.05, 4.69) is 19.7 Å². The fourth-order valence-corrected chi connectivity index (χ4v) is 9.00. The normalized spacial score (nSPS) is 15.5. The summed E-state index contributed by atoms with van der Waals surface area (Å²) in [5.41, 5.74) is 0.537. The van der Waals surface area contributed by atoms with Gasteiger partial charge < -0.3 is 49.3 Å².